The van der Waals surface area contributed by atoms with Gasteiger partial charge in [-0.1, -0.05) is 0 Å². The van der Waals surface area contributed by atoms with Gasteiger partial charge in [-0.25, -0.2) is 4.98 Å². The SMILES string of the molecule is O=C(CCn1cncn1)NC1CCCN(C(=O)c2ccco2)C1. The normalized spacial score (nSPS) is 17.9. The lowest BCUT2D eigenvalue weighted by molar-refractivity contribution is -0.122. The molecule has 0 spiro atoms. The van der Waals surface area contributed by atoms with Gasteiger partial charge in [0.1, 0.15) is 12.7 Å². The summed E-state index contributed by atoms with van der Waals surface area (Å²) in [5.74, 6) is 0.164. The highest BCUT2D eigenvalue weighted by Gasteiger charge is 2.26. The summed E-state index contributed by atoms with van der Waals surface area (Å²) in [6.07, 6.45) is 6.58. The number of hydrogen-bond acceptors (Lipinski definition) is 5. The van der Waals surface area contributed by atoms with Crippen LogP contribution in [0.1, 0.15) is 29.8 Å². The van der Waals surface area contributed by atoms with Crippen molar-refractivity contribution in [1.82, 2.24) is 25.0 Å². The van der Waals surface area contributed by atoms with Crippen LogP contribution in [0.25, 0.3) is 0 Å². The number of nitrogens with zero attached hydrogens (tertiary/aromatic N) is 4. The first kappa shape index (κ1) is 15.3. The molecule has 0 bridgehead atoms. The summed E-state index contributed by atoms with van der Waals surface area (Å²) < 4.78 is 6.77. The van der Waals surface area contributed by atoms with E-state index in [1.165, 1.54) is 12.6 Å². The average molecular weight is 317 g/mol. The lowest BCUT2D eigenvalue weighted by Gasteiger charge is -2.32. The number of furan rings is 1. The largest absolute Gasteiger partial charge is 0.459 e. The first-order chi connectivity index (χ1) is 11.2. The van der Waals surface area contributed by atoms with Gasteiger partial charge < -0.3 is 14.6 Å². The molecule has 0 radical (unpaired) electrons. The molecule has 1 saturated heterocycles. The van der Waals surface area contributed by atoms with Crippen LogP contribution in [0, 0.1) is 0 Å². The van der Waals surface area contributed by atoms with Crippen molar-refractivity contribution in [3.05, 3.63) is 36.8 Å². The van der Waals surface area contributed by atoms with Crippen molar-refractivity contribution in [2.45, 2.75) is 31.8 Å². The zero-order valence-electron chi connectivity index (χ0n) is 12.7. The molecule has 0 saturated carbocycles. The molecule has 3 rings (SSSR count). The third-order valence-electron chi connectivity index (χ3n) is 3.84. The van der Waals surface area contributed by atoms with E-state index in [1.807, 2.05) is 0 Å². The maximum Gasteiger partial charge on any atom is 0.289 e. The number of hydrogen-bond donors (Lipinski definition) is 1. The van der Waals surface area contributed by atoms with E-state index in [4.69, 9.17) is 4.42 Å². The van der Waals surface area contributed by atoms with Crippen molar-refractivity contribution in [3.63, 3.8) is 0 Å². The fourth-order valence-corrected chi connectivity index (χ4v) is 2.70. The molecule has 1 aliphatic heterocycles. The smallest absolute Gasteiger partial charge is 0.289 e. The van der Waals surface area contributed by atoms with E-state index in [0.29, 0.717) is 31.8 Å². The van der Waals surface area contributed by atoms with Gasteiger partial charge in [-0.15, -0.1) is 0 Å². The van der Waals surface area contributed by atoms with Crippen molar-refractivity contribution in [3.8, 4) is 0 Å². The first-order valence-corrected chi connectivity index (χ1v) is 7.67. The van der Waals surface area contributed by atoms with E-state index >= 15 is 0 Å². The third-order valence-corrected chi connectivity index (χ3v) is 3.84. The Kier molecular flexibility index (Phi) is 4.70. The van der Waals surface area contributed by atoms with E-state index in [2.05, 4.69) is 15.4 Å². The van der Waals surface area contributed by atoms with E-state index < -0.39 is 0 Å². The van der Waals surface area contributed by atoms with Crippen LogP contribution < -0.4 is 5.32 Å². The minimum Gasteiger partial charge on any atom is -0.459 e. The highest BCUT2D eigenvalue weighted by Crippen LogP contribution is 2.14. The monoisotopic (exact) mass is 317 g/mol. The summed E-state index contributed by atoms with van der Waals surface area (Å²) in [5, 5.41) is 6.95. The van der Waals surface area contributed by atoms with Gasteiger partial charge in [-0.05, 0) is 25.0 Å². The van der Waals surface area contributed by atoms with Crippen LogP contribution in [0.2, 0.25) is 0 Å². The van der Waals surface area contributed by atoms with Crippen molar-refractivity contribution in [1.29, 1.82) is 0 Å². The molecule has 8 heteroatoms. The summed E-state index contributed by atoms with van der Waals surface area (Å²) in [6.45, 7) is 1.69. The number of likely N-dealkylation sites (tertiary alicyclic amines) is 1. The lowest BCUT2D eigenvalue weighted by atomic mass is 10.1. The molecular formula is C15H19N5O3. The second-order valence-electron chi connectivity index (χ2n) is 5.54. The van der Waals surface area contributed by atoms with Gasteiger partial charge in [0.25, 0.3) is 5.91 Å². The van der Waals surface area contributed by atoms with Gasteiger partial charge in [0, 0.05) is 25.6 Å². The minimum absolute atomic E-state index is 0.0223. The second-order valence-corrected chi connectivity index (χ2v) is 5.54. The van der Waals surface area contributed by atoms with Crippen LogP contribution in [-0.2, 0) is 11.3 Å². The number of aromatic nitrogens is 3. The highest BCUT2D eigenvalue weighted by atomic mass is 16.3. The molecule has 8 nitrogen and oxygen atoms in total. The van der Waals surface area contributed by atoms with E-state index in [1.54, 1.807) is 28.0 Å². The van der Waals surface area contributed by atoms with Crippen LogP contribution in [-0.4, -0.2) is 50.6 Å². The summed E-state index contributed by atoms with van der Waals surface area (Å²) in [7, 11) is 0. The Bertz CT molecular complexity index is 638. The number of aryl methyl sites for hydroxylation is 1. The minimum atomic E-state index is -0.128. The van der Waals surface area contributed by atoms with Crippen LogP contribution in [0.3, 0.4) is 0 Å². The van der Waals surface area contributed by atoms with Crippen LogP contribution in [0.5, 0.6) is 0 Å². The quantitative estimate of drug-likeness (QED) is 0.875. The first-order valence-electron chi connectivity index (χ1n) is 7.67. The molecule has 23 heavy (non-hydrogen) atoms. The number of carbonyl (C=O) groups is 2. The van der Waals surface area contributed by atoms with Crippen LogP contribution in [0.15, 0.2) is 35.5 Å². The van der Waals surface area contributed by atoms with Gasteiger partial charge in [0.2, 0.25) is 5.91 Å². The topological polar surface area (TPSA) is 93.3 Å². The number of carbonyl (C=O) groups excluding carboxylic acids is 2. The molecule has 3 heterocycles. The van der Waals surface area contributed by atoms with Crippen molar-refractivity contribution in [2.75, 3.05) is 13.1 Å². The molecule has 2 aromatic heterocycles. The summed E-state index contributed by atoms with van der Waals surface area (Å²) >= 11 is 0. The van der Waals surface area contributed by atoms with Gasteiger partial charge in [-0.3, -0.25) is 14.3 Å². The Morgan fingerprint density at radius 1 is 1.43 bits per heavy atom. The highest BCUT2D eigenvalue weighted by molar-refractivity contribution is 5.91. The lowest BCUT2D eigenvalue weighted by Crippen LogP contribution is -2.49. The standard InChI is InChI=1S/C15H19N5O3/c21-14(5-7-20-11-16-10-17-20)18-12-3-1-6-19(9-12)15(22)13-4-2-8-23-13/h2,4,8,10-12H,1,3,5-7,9H2,(H,18,21). The number of rotatable bonds is 5. The molecule has 1 fully saturated rings. The van der Waals surface area contributed by atoms with E-state index in [-0.39, 0.29) is 17.9 Å². The Hall–Kier alpha value is -2.64. The molecule has 122 valence electrons. The zero-order valence-corrected chi connectivity index (χ0v) is 12.7. The van der Waals surface area contributed by atoms with Gasteiger partial charge in [-0.2, -0.15) is 5.10 Å². The maximum atomic E-state index is 12.3. The average Bonchev–Trinajstić information content (AvgIpc) is 3.26. The Morgan fingerprint density at radius 3 is 3.09 bits per heavy atom. The molecular weight excluding hydrogens is 298 g/mol. The molecule has 0 aromatic carbocycles. The molecule has 1 atom stereocenters. The molecule has 2 aromatic rings. The molecule has 2 amide bonds. The van der Waals surface area contributed by atoms with Gasteiger partial charge in [0.15, 0.2) is 5.76 Å². The van der Waals surface area contributed by atoms with Crippen molar-refractivity contribution < 1.29 is 14.0 Å². The summed E-state index contributed by atoms with van der Waals surface area (Å²) in [4.78, 5) is 29.9. The Morgan fingerprint density at radius 2 is 2.35 bits per heavy atom. The summed E-state index contributed by atoms with van der Waals surface area (Å²) in [6, 6.07) is 3.33. The van der Waals surface area contributed by atoms with E-state index in [0.717, 1.165) is 12.8 Å². The number of amides is 2. The molecule has 0 aliphatic carbocycles. The van der Waals surface area contributed by atoms with Crippen molar-refractivity contribution >= 4 is 11.8 Å². The fraction of sp³-hybridized carbons (Fsp3) is 0.467. The Balaban J connectivity index is 1.48. The van der Waals surface area contributed by atoms with Crippen LogP contribution >= 0.6 is 0 Å². The predicted octanol–water partition coefficient (Wildman–Crippen LogP) is 0.682. The van der Waals surface area contributed by atoms with Gasteiger partial charge >= 0.3 is 0 Å². The number of piperidine rings is 1. The van der Waals surface area contributed by atoms with E-state index in [9.17, 15) is 9.59 Å². The predicted molar refractivity (Wildman–Crippen MR) is 80.4 cm³/mol. The van der Waals surface area contributed by atoms with Crippen molar-refractivity contribution in [2.24, 2.45) is 0 Å². The van der Waals surface area contributed by atoms with Crippen LogP contribution in [0.4, 0.5) is 0 Å². The summed E-state index contributed by atoms with van der Waals surface area (Å²) in [5.41, 5.74) is 0. The maximum absolute atomic E-state index is 12.3. The second kappa shape index (κ2) is 7.08. The molecule has 1 aliphatic rings. The molecule has 1 unspecified atom stereocenters. The zero-order chi connectivity index (χ0) is 16.1. The van der Waals surface area contributed by atoms with Gasteiger partial charge in [0.05, 0.1) is 12.8 Å². The fourth-order valence-electron chi connectivity index (χ4n) is 2.70. The molecule has 1 N–H and O–H groups in total. The third kappa shape index (κ3) is 3.97. The Labute approximate surface area is 133 Å². The number of nitrogens with one attached hydrogen (secondary N) is 1.